The molecular formula is C12H25NO4. The van der Waals surface area contributed by atoms with Crippen LogP contribution in [0.4, 0.5) is 4.79 Å². The van der Waals surface area contributed by atoms with Crippen LogP contribution >= 0.6 is 0 Å². The molecule has 0 saturated heterocycles. The van der Waals surface area contributed by atoms with Crippen molar-refractivity contribution in [3.05, 3.63) is 0 Å². The maximum atomic E-state index is 11.5. The summed E-state index contributed by atoms with van der Waals surface area (Å²) in [4.78, 5) is 11.5. The van der Waals surface area contributed by atoms with Gasteiger partial charge in [0.25, 0.3) is 0 Å². The average molecular weight is 247 g/mol. The van der Waals surface area contributed by atoms with Gasteiger partial charge in [0.05, 0.1) is 12.6 Å². The molecule has 5 heteroatoms. The van der Waals surface area contributed by atoms with Gasteiger partial charge in [-0.05, 0) is 33.1 Å². The van der Waals surface area contributed by atoms with Gasteiger partial charge in [0, 0.05) is 6.61 Å². The van der Waals surface area contributed by atoms with Gasteiger partial charge < -0.3 is 20.3 Å². The summed E-state index contributed by atoms with van der Waals surface area (Å²) in [5, 5.41) is 20.8. The highest BCUT2D eigenvalue weighted by Crippen LogP contribution is 2.11. The highest BCUT2D eigenvalue weighted by atomic mass is 16.6. The third-order valence-electron chi connectivity index (χ3n) is 2.39. The van der Waals surface area contributed by atoms with Gasteiger partial charge in [0.1, 0.15) is 5.60 Å². The van der Waals surface area contributed by atoms with Crippen molar-refractivity contribution in [3.8, 4) is 0 Å². The Balaban J connectivity index is 4.16. The topological polar surface area (TPSA) is 78.8 Å². The van der Waals surface area contributed by atoms with E-state index >= 15 is 0 Å². The average Bonchev–Trinajstić information content (AvgIpc) is 2.21. The number of carbonyl (C=O) groups excluding carboxylic acids is 1. The fraction of sp³-hybridized carbons (Fsp3) is 0.917. The molecule has 0 aliphatic heterocycles. The van der Waals surface area contributed by atoms with Gasteiger partial charge in [-0.3, -0.25) is 0 Å². The first-order chi connectivity index (χ1) is 7.82. The van der Waals surface area contributed by atoms with Crippen LogP contribution in [-0.4, -0.2) is 41.2 Å². The van der Waals surface area contributed by atoms with E-state index in [2.05, 4.69) is 5.32 Å². The SMILES string of the molecule is CC[C@H](CO)CC(CO)NC(=O)OC(C)(C)C. The molecule has 0 bridgehead atoms. The first kappa shape index (κ1) is 16.2. The van der Waals surface area contributed by atoms with E-state index in [0.717, 1.165) is 6.42 Å². The lowest BCUT2D eigenvalue weighted by Crippen LogP contribution is -2.42. The van der Waals surface area contributed by atoms with Crippen molar-refractivity contribution in [1.29, 1.82) is 0 Å². The fourth-order valence-electron chi connectivity index (χ4n) is 1.43. The molecule has 17 heavy (non-hydrogen) atoms. The Labute approximate surface area is 103 Å². The van der Waals surface area contributed by atoms with Crippen LogP contribution in [0.2, 0.25) is 0 Å². The van der Waals surface area contributed by atoms with E-state index < -0.39 is 11.7 Å². The van der Waals surface area contributed by atoms with Gasteiger partial charge >= 0.3 is 6.09 Å². The van der Waals surface area contributed by atoms with Gasteiger partial charge in [0.2, 0.25) is 0 Å². The smallest absolute Gasteiger partial charge is 0.407 e. The third kappa shape index (κ3) is 7.99. The van der Waals surface area contributed by atoms with Crippen molar-refractivity contribution in [1.82, 2.24) is 5.32 Å². The van der Waals surface area contributed by atoms with Gasteiger partial charge in [-0.25, -0.2) is 4.79 Å². The van der Waals surface area contributed by atoms with Gasteiger partial charge in [-0.1, -0.05) is 13.3 Å². The third-order valence-corrected chi connectivity index (χ3v) is 2.39. The molecule has 0 rings (SSSR count). The molecule has 0 fully saturated rings. The summed E-state index contributed by atoms with van der Waals surface area (Å²) in [6, 6.07) is -0.373. The molecule has 0 radical (unpaired) electrons. The normalized spacial score (nSPS) is 15.2. The van der Waals surface area contributed by atoms with E-state index in [9.17, 15) is 4.79 Å². The molecule has 2 atom stereocenters. The van der Waals surface area contributed by atoms with Crippen molar-refractivity contribution < 1.29 is 19.7 Å². The zero-order valence-electron chi connectivity index (χ0n) is 11.2. The number of aliphatic hydroxyl groups is 2. The molecule has 102 valence electrons. The van der Waals surface area contributed by atoms with Crippen LogP contribution in [0.1, 0.15) is 40.5 Å². The molecule has 0 aromatic rings. The molecule has 0 aromatic carbocycles. The van der Waals surface area contributed by atoms with Crippen LogP contribution in [0.15, 0.2) is 0 Å². The second-order valence-corrected chi connectivity index (χ2v) is 5.22. The Kier molecular flexibility index (Phi) is 7.15. The summed E-state index contributed by atoms with van der Waals surface area (Å²) in [7, 11) is 0. The van der Waals surface area contributed by atoms with Crippen LogP contribution in [0.25, 0.3) is 0 Å². The van der Waals surface area contributed by atoms with Crippen molar-refractivity contribution in [2.45, 2.75) is 52.2 Å². The minimum atomic E-state index is -0.550. The van der Waals surface area contributed by atoms with E-state index in [1.165, 1.54) is 0 Å². The van der Waals surface area contributed by atoms with Crippen molar-refractivity contribution >= 4 is 6.09 Å². The van der Waals surface area contributed by atoms with Crippen molar-refractivity contribution in [2.24, 2.45) is 5.92 Å². The molecule has 0 aliphatic rings. The lowest BCUT2D eigenvalue weighted by molar-refractivity contribution is 0.0465. The Bertz CT molecular complexity index is 221. The zero-order chi connectivity index (χ0) is 13.5. The first-order valence-electron chi connectivity index (χ1n) is 6.03. The number of aliphatic hydroxyl groups excluding tert-OH is 2. The van der Waals surface area contributed by atoms with E-state index in [1.54, 1.807) is 20.8 Å². The quantitative estimate of drug-likeness (QED) is 0.660. The van der Waals surface area contributed by atoms with Gasteiger partial charge in [0.15, 0.2) is 0 Å². The highest BCUT2D eigenvalue weighted by Gasteiger charge is 2.20. The van der Waals surface area contributed by atoms with E-state index in [1.807, 2.05) is 6.92 Å². The number of amides is 1. The lowest BCUT2D eigenvalue weighted by atomic mass is 9.98. The van der Waals surface area contributed by atoms with E-state index in [0.29, 0.717) is 6.42 Å². The maximum Gasteiger partial charge on any atom is 0.407 e. The Morgan fingerprint density at radius 3 is 2.24 bits per heavy atom. The summed E-state index contributed by atoms with van der Waals surface area (Å²) in [5.74, 6) is 0.0853. The van der Waals surface area contributed by atoms with Gasteiger partial charge in [-0.15, -0.1) is 0 Å². The van der Waals surface area contributed by atoms with E-state index in [4.69, 9.17) is 14.9 Å². The molecule has 0 aromatic heterocycles. The number of rotatable bonds is 6. The van der Waals surface area contributed by atoms with Gasteiger partial charge in [-0.2, -0.15) is 0 Å². The minimum absolute atomic E-state index is 0.0585. The summed E-state index contributed by atoms with van der Waals surface area (Å²) in [5.41, 5.74) is -0.550. The zero-order valence-corrected chi connectivity index (χ0v) is 11.2. The van der Waals surface area contributed by atoms with Crippen LogP contribution in [0.3, 0.4) is 0 Å². The number of carbonyl (C=O) groups is 1. The van der Waals surface area contributed by atoms with Crippen molar-refractivity contribution in [3.63, 3.8) is 0 Å². The summed E-state index contributed by atoms with van der Waals surface area (Å²) >= 11 is 0. The second-order valence-electron chi connectivity index (χ2n) is 5.22. The summed E-state index contributed by atoms with van der Waals surface area (Å²) in [6.07, 6.45) is 0.815. The molecular weight excluding hydrogens is 222 g/mol. The molecule has 3 N–H and O–H groups in total. The largest absolute Gasteiger partial charge is 0.444 e. The molecule has 1 amide bonds. The molecule has 5 nitrogen and oxygen atoms in total. The Hall–Kier alpha value is -0.810. The molecule has 0 spiro atoms. The summed E-state index contributed by atoms with van der Waals surface area (Å²) < 4.78 is 5.10. The number of ether oxygens (including phenoxy) is 1. The van der Waals surface area contributed by atoms with Crippen LogP contribution in [0, 0.1) is 5.92 Å². The predicted octanol–water partition coefficient (Wildman–Crippen LogP) is 1.28. The number of hydrogen-bond donors (Lipinski definition) is 3. The lowest BCUT2D eigenvalue weighted by Gasteiger charge is -2.24. The minimum Gasteiger partial charge on any atom is -0.444 e. The second kappa shape index (κ2) is 7.50. The molecule has 0 heterocycles. The molecule has 0 aliphatic carbocycles. The molecule has 0 saturated carbocycles. The molecule has 1 unspecified atom stereocenters. The maximum absolute atomic E-state index is 11.5. The summed E-state index contributed by atoms with van der Waals surface area (Å²) in [6.45, 7) is 7.21. The predicted molar refractivity (Wildman–Crippen MR) is 65.7 cm³/mol. The van der Waals surface area contributed by atoms with Crippen molar-refractivity contribution in [2.75, 3.05) is 13.2 Å². The number of nitrogens with one attached hydrogen (secondary N) is 1. The number of hydrogen-bond acceptors (Lipinski definition) is 4. The highest BCUT2D eigenvalue weighted by molar-refractivity contribution is 5.68. The Morgan fingerprint density at radius 1 is 1.29 bits per heavy atom. The van der Waals surface area contributed by atoms with Crippen LogP contribution < -0.4 is 5.32 Å². The van der Waals surface area contributed by atoms with Crippen LogP contribution in [0.5, 0.6) is 0 Å². The monoisotopic (exact) mass is 247 g/mol. The number of alkyl carbamates (subject to hydrolysis) is 1. The Morgan fingerprint density at radius 2 is 1.88 bits per heavy atom. The fourth-order valence-corrected chi connectivity index (χ4v) is 1.43. The first-order valence-corrected chi connectivity index (χ1v) is 6.03. The standard InChI is InChI=1S/C12H25NO4/c1-5-9(7-14)6-10(8-15)13-11(16)17-12(2,3)4/h9-10,14-15H,5-8H2,1-4H3,(H,13,16)/t9-,10?/m0/s1. The van der Waals surface area contributed by atoms with E-state index in [-0.39, 0.29) is 25.2 Å². The van der Waals surface area contributed by atoms with Crippen LogP contribution in [-0.2, 0) is 4.74 Å².